The van der Waals surface area contributed by atoms with Gasteiger partial charge in [-0.2, -0.15) is 0 Å². The van der Waals surface area contributed by atoms with Gasteiger partial charge in [0.05, 0.1) is 0 Å². The largest absolute Gasteiger partial charge is 0.481 e. The van der Waals surface area contributed by atoms with Crippen molar-refractivity contribution >= 4 is 11.9 Å². The summed E-state index contributed by atoms with van der Waals surface area (Å²) >= 11 is 0. The van der Waals surface area contributed by atoms with Crippen LogP contribution in [0.15, 0.2) is 24.3 Å². The van der Waals surface area contributed by atoms with E-state index in [1.807, 2.05) is 0 Å². The highest BCUT2D eigenvalue weighted by molar-refractivity contribution is 5.76. The number of benzene rings is 1. The summed E-state index contributed by atoms with van der Waals surface area (Å²) in [6.07, 6.45) is 7.61. The molecule has 0 spiro atoms. The van der Waals surface area contributed by atoms with Crippen LogP contribution in [0.2, 0.25) is 0 Å². The van der Waals surface area contributed by atoms with Crippen molar-refractivity contribution in [2.45, 2.75) is 57.8 Å². The minimum Gasteiger partial charge on any atom is -0.481 e. The molecule has 2 rings (SSSR count). The Bertz CT molecular complexity index is 527. The average molecular weight is 317 g/mol. The van der Waals surface area contributed by atoms with Crippen LogP contribution in [0.1, 0.15) is 56.1 Å². The van der Waals surface area contributed by atoms with Crippen molar-refractivity contribution in [1.82, 2.24) is 5.32 Å². The normalized spacial score (nSPS) is 16.6. The second-order valence-electron chi connectivity index (χ2n) is 6.49. The Morgan fingerprint density at radius 3 is 2.61 bits per heavy atom. The molecule has 1 unspecified atom stereocenters. The average Bonchev–Trinajstić information content (AvgIpc) is 2.53. The standard InChI is InChI=1S/C19H27NO3/c21-18(20-12-6-2-1-3-9-19(22)23)14-15-10-11-16-7-4-5-8-17(16)13-15/h4-5,7-8,15H,1-3,6,9-14H2,(H,20,21)(H,22,23). The SMILES string of the molecule is O=C(O)CCCCCCNC(=O)CC1CCc2ccccc2C1. The molecular formula is C19H27NO3. The fourth-order valence-corrected chi connectivity index (χ4v) is 3.26. The maximum Gasteiger partial charge on any atom is 0.303 e. The molecule has 0 saturated heterocycles. The summed E-state index contributed by atoms with van der Waals surface area (Å²) in [6, 6.07) is 8.53. The number of hydrogen-bond donors (Lipinski definition) is 2. The van der Waals surface area contributed by atoms with E-state index in [0.29, 0.717) is 18.9 Å². The molecule has 0 aromatic heterocycles. The molecule has 0 aliphatic heterocycles. The highest BCUT2D eigenvalue weighted by atomic mass is 16.4. The third-order valence-electron chi connectivity index (χ3n) is 4.56. The lowest BCUT2D eigenvalue weighted by atomic mass is 9.82. The number of amides is 1. The van der Waals surface area contributed by atoms with E-state index < -0.39 is 5.97 Å². The Morgan fingerprint density at radius 1 is 1.09 bits per heavy atom. The summed E-state index contributed by atoms with van der Waals surface area (Å²) in [6.45, 7) is 0.704. The first-order chi connectivity index (χ1) is 11.1. The van der Waals surface area contributed by atoms with Crippen LogP contribution in [0.3, 0.4) is 0 Å². The third kappa shape index (κ3) is 6.43. The number of rotatable bonds is 9. The molecule has 4 nitrogen and oxygen atoms in total. The zero-order chi connectivity index (χ0) is 16.5. The van der Waals surface area contributed by atoms with E-state index in [1.54, 1.807) is 0 Å². The zero-order valence-electron chi connectivity index (χ0n) is 13.7. The lowest BCUT2D eigenvalue weighted by Crippen LogP contribution is -2.28. The Labute approximate surface area is 138 Å². The molecule has 1 aromatic rings. The first-order valence-corrected chi connectivity index (χ1v) is 8.70. The quantitative estimate of drug-likeness (QED) is 0.687. The van der Waals surface area contributed by atoms with Crippen LogP contribution in [0, 0.1) is 5.92 Å². The number of aryl methyl sites for hydroxylation is 1. The van der Waals surface area contributed by atoms with Crippen molar-refractivity contribution in [3.8, 4) is 0 Å². The van der Waals surface area contributed by atoms with E-state index in [1.165, 1.54) is 11.1 Å². The minimum absolute atomic E-state index is 0.153. The molecule has 0 saturated carbocycles. The van der Waals surface area contributed by atoms with Gasteiger partial charge < -0.3 is 10.4 Å². The first kappa shape index (κ1) is 17.5. The highest BCUT2D eigenvalue weighted by Gasteiger charge is 2.20. The molecule has 0 radical (unpaired) electrons. The number of aliphatic carboxylic acids is 1. The van der Waals surface area contributed by atoms with Crippen LogP contribution >= 0.6 is 0 Å². The molecule has 23 heavy (non-hydrogen) atoms. The first-order valence-electron chi connectivity index (χ1n) is 8.70. The molecule has 1 amide bonds. The van der Waals surface area contributed by atoms with E-state index in [-0.39, 0.29) is 12.3 Å². The van der Waals surface area contributed by atoms with Gasteiger partial charge in [-0.05, 0) is 49.1 Å². The maximum absolute atomic E-state index is 12.0. The summed E-state index contributed by atoms with van der Waals surface area (Å²) in [7, 11) is 0. The number of unbranched alkanes of at least 4 members (excludes halogenated alkanes) is 3. The Hall–Kier alpha value is -1.84. The van der Waals surface area contributed by atoms with Crippen molar-refractivity contribution in [3.63, 3.8) is 0 Å². The predicted molar refractivity (Wildman–Crippen MR) is 90.3 cm³/mol. The molecule has 126 valence electrons. The topological polar surface area (TPSA) is 66.4 Å². The van der Waals surface area contributed by atoms with Gasteiger partial charge in [0.25, 0.3) is 0 Å². The molecule has 1 atom stereocenters. The number of nitrogens with one attached hydrogen (secondary N) is 1. The summed E-state index contributed by atoms with van der Waals surface area (Å²) in [4.78, 5) is 22.4. The Morgan fingerprint density at radius 2 is 1.83 bits per heavy atom. The molecule has 4 heteroatoms. The van der Waals surface area contributed by atoms with Crippen LogP contribution < -0.4 is 5.32 Å². The minimum atomic E-state index is -0.729. The number of carbonyl (C=O) groups is 2. The van der Waals surface area contributed by atoms with Crippen molar-refractivity contribution in [1.29, 1.82) is 0 Å². The van der Waals surface area contributed by atoms with Crippen molar-refractivity contribution < 1.29 is 14.7 Å². The summed E-state index contributed by atoms with van der Waals surface area (Å²) in [5, 5.41) is 11.5. The Balaban J connectivity index is 1.56. The van der Waals surface area contributed by atoms with Gasteiger partial charge >= 0.3 is 5.97 Å². The summed E-state index contributed by atoms with van der Waals surface area (Å²) in [5.41, 5.74) is 2.83. The number of carboxylic acids is 1. The van der Waals surface area contributed by atoms with Gasteiger partial charge in [-0.3, -0.25) is 9.59 Å². The third-order valence-corrected chi connectivity index (χ3v) is 4.56. The molecule has 0 heterocycles. The number of carbonyl (C=O) groups excluding carboxylic acids is 1. The van der Waals surface area contributed by atoms with E-state index in [4.69, 9.17) is 5.11 Å². The summed E-state index contributed by atoms with van der Waals surface area (Å²) in [5.74, 6) is -0.118. The second-order valence-corrected chi connectivity index (χ2v) is 6.49. The fourth-order valence-electron chi connectivity index (χ4n) is 3.26. The van der Waals surface area contributed by atoms with Crippen molar-refractivity contribution in [3.05, 3.63) is 35.4 Å². The van der Waals surface area contributed by atoms with Gasteiger partial charge in [-0.1, -0.05) is 37.1 Å². The van der Waals surface area contributed by atoms with E-state index in [9.17, 15) is 9.59 Å². The van der Waals surface area contributed by atoms with Gasteiger partial charge in [0, 0.05) is 19.4 Å². The number of hydrogen-bond acceptors (Lipinski definition) is 2. The zero-order valence-corrected chi connectivity index (χ0v) is 13.7. The van der Waals surface area contributed by atoms with Crippen molar-refractivity contribution in [2.24, 2.45) is 5.92 Å². The van der Waals surface area contributed by atoms with Crippen LogP contribution in [0.25, 0.3) is 0 Å². The predicted octanol–water partition coefficient (Wildman–Crippen LogP) is 3.33. The van der Waals surface area contributed by atoms with Gasteiger partial charge in [0.1, 0.15) is 0 Å². The van der Waals surface area contributed by atoms with Gasteiger partial charge in [0.15, 0.2) is 0 Å². The van der Waals surface area contributed by atoms with Gasteiger partial charge in [-0.15, -0.1) is 0 Å². The molecule has 0 bridgehead atoms. The van der Waals surface area contributed by atoms with E-state index in [0.717, 1.165) is 44.9 Å². The van der Waals surface area contributed by atoms with Crippen LogP contribution in [0.4, 0.5) is 0 Å². The van der Waals surface area contributed by atoms with Crippen molar-refractivity contribution in [2.75, 3.05) is 6.54 Å². The monoisotopic (exact) mass is 317 g/mol. The Kier molecular flexibility index (Phi) is 7.11. The molecule has 0 fully saturated rings. The fraction of sp³-hybridized carbons (Fsp3) is 0.579. The molecular weight excluding hydrogens is 290 g/mol. The van der Waals surface area contributed by atoms with Gasteiger partial charge in [-0.25, -0.2) is 0 Å². The van der Waals surface area contributed by atoms with Crippen LogP contribution in [-0.4, -0.2) is 23.5 Å². The summed E-state index contributed by atoms with van der Waals surface area (Å²) < 4.78 is 0. The van der Waals surface area contributed by atoms with Crippen LogP contribution in [0.5, 0.6) is 0 Å². The molecule has 1 aliphatic carbocycles. The smallest absolute Gasteiger partial charge is 0.303 e. The van der Waals surface area contributed by atoms with E-state index >= 15 is 0 Å². The lowest BCUT2D eigenvalue weighted by molar-refractivity contribution is -0.137. The number of fused-ring (bicyclic) bond motifs is 1. The lowest BCUT2D eigenvalue weighted by Gasteiger charge is -2.24. The van der Waals surface area contributed by atoms with Gasteiger partial charge in [0.2, 0.25) is 5.91 Å². The maximum atomic E-state index is 12.0. The second kappa shape index (κ2) is 9.33. The highest BCUT2D eigenvalue weighted by Crippen LogP contribution is 2.27. The number of carboxylic acid groups (broad SMARTS) is 1. The van der Waals surface area contributed by atoms with E-state index in [2.05, 4.69) is 29.6 Å². The molecule has 1 aromatic carbocycles. The molecule has 1 aliphatic rings. The van der Waals surface area contributed by atoms with Crippen LogP contribution in [-0.2, 0) is 22.4 Å². The molecule has 2 N–H and O–H groups in total.